The molecule has 13 heavy (non-hydrogen) atoms. The van der Waals surface area contributed by atoms with E-state index in [2.05, 4.69) is 0 Å². The smallest absolute Gasteiger partial charge is 0.367 e. The Kier molecular flexibility index (Phi) is 4.77. The molecule has 1 atom stereocenters. The van der Waals surface area contributed by atoms with E-state index in [0.29, 0.717) is 6.42 Å². The van der Waals surface area contributed by atoms with Crippen LogP contribution in [0.4, 0.5) is 0 Å². The van der Waals surface area contributed by atoms with Crippen LogP contribution in [0.1, 0.15) is 19.8 Å². The minimum absolute atomic E-state index is 0.286. The fourth-order valence-electron chi connectivity index (χ4n) is 1.28. The van der Waals surface area contributed by atoms with Gasteiger partial charge in [-0.05, 0) is 19.2 Å². The zero-order valence-corrected chi connectivity index (χ0v) is 9.76. The quantitative estimate of drug-likeness (QED) is 0.503. The Balaban J connectivity index is 4.78. The summed E-state index contributed by atoms with van der Waals surface area (Å²) < 4.78 is 10.5. The van der Waals surface area contributed by atoms with Gasteiger partial charge in [-0.2, -0.15) is 0 Å². The van der Waals surface area contributed by atoms with Gasteiger partial charge in [-0.1, -0.05) is 6.92 Å². The van der Waals surface area contributed by atoms with Crippen molar-refractivity contribution in [3.63, 3.8) is 0 Å². The largest absolute Gasteiger partial charge is 0.396 e. The molecule has 0 saturated carbocycles. The maximum Gasteiger partial charge on any atom is 0.367 e. The van der Waals surface area contributed by atoms with Crippen molar-refractivity contribution < 1.29 is 14.0 Å². The van der Waals surface area contributed by atoms with Gasteiger partial charge in [0, 0.05) is 20.6 Å². The number of aliphatic hydroxyl groups is 1. The molecule has 0 aliphatic carbocycles. The van der Waals surface area contributed by atoms with Crippen molar-refractivity contribution in [2.75, 3.05) is 14.2 Å². The standard InChI is InChI=1S/C8H19NO3Si/c1-5-8(10,6-7-9)13(4,11-2)12-3/h7,9-10H,5-6H2,1-4H3. The number of rotatable bonds is 6. The van der Waals surface area contributed by atoms with Crippen LogP contribution >= 0.6 is 0 Å². The first-order valence-electron chi connectivity index (χ1n) is 4.31. The van der Waals surface area contributed by atoms with Crippen LogP contribution in [0.25, 0.3) is 0 Å². The number of hydrogen-bond donors (Lipinski definition) is 2. The van der Waals surface area contributed by atoms with Gasteiger partial charge in [0.05, 0.1) is 0 Å². The molecule has 4 nitrogen and oxygen atoms in total. The molecule has 0 fully saturated rings. The fourth-order valence-corrected chi connectivity index (χ4v) is 3.32. The molecule has 0 aliphatic heterocycles. The van der Waals surface area contributed by atoms with Crippen molar-refractivity contribution >= 4 is 14.8 Å². The lowest BCUT2D eigenvalue weighted by atomic mass is 10.2. The summed E-state index contributed by atoms with van der Waals surface area (Å²) in [5.74, 6) is 0. The third-order valence-electron chi connectivity index (χ3n) is 2.65. The van der Waals surface area contributed by atoms with Crippen LogP contribution < -0.4 is 0 Å². The molecule has 0 radical (unpaired) electrons. The van der Waals surface area contributed by atoms with Gasteiger partial charge >= 0.3 is 8.56 Å². The summed E-state index contributed by atoms with van der Waals surface area (Å²) in [4.78, 5) is 0. The van der Waals surface area contributed by atoms with Crippen LogP contribution in [0.3, 0.4) is 0 Å². The first kappa shape index (κ1) is 12.8. The molecule has 0 amide bonds. The minimum Gasteiger partial charge on any atom is -0.396 e. The van der Waals surface area contributed by atoms with Gasteiger partial charge in [0.1, 0.15) is 5.22 Å². The zero-order valence-electron chi connectivity index (χ0n) is 8.76. The average molecular weight is 205 g/mol. The van der Waals surface area contributed by atoms with Crippen LogP contribution in [0.2, 0.25) is 6.55 Å². The molecule has 78 valence electrons. The average Bonchev–Trinajstić information content (AvgIpc) is 2.16. The highest BCUT2D eigenvalue weighted by Crippen LogP contribution is 2.27. The van der Waals surface area contributed by atoms with E-state index in [1.54, 1.807) is 20.8 Å². The Labute approximate surface area is 80.6 Å². The summed E-state index contributed by atoms with van der Waals surface area (Å²) in [6.45, 7) is 3.67. The van der Waals surface area contributed by atoms with Crippen LogP contribution in [0.15, 0.2) is 0 Å². The summed E-state index contributed by atoms with van der Waals surface area (Å²) in [6, 6.07) is 0. The highest BCUT2D eigenvalue weighted by molar-refractivity contribution is 6.69. The van der Waals surface area contributed by atoms with Crippen molar-refractivity contribution in [3.8, 4) is 0 Å². The van der Waals surface area contributed by atoms with Gasteiger partial charge < -0.3 is 19.4 Å². The molecule has 5 heteroatoms. The molecule has 0 saturated heterocycles. The second-order valence-electron chi connectivity index (χ2n) is 3.15. The van der Waals surface area contributed by atoms with Crippen molar-refractivity contribution in [2.24, 2.45) is 0 Å². The van der Waals surface area contributed by atoms with Crippen LogP contribution in [-0.2, 0) is 8.85 Å². The third-order valence-corrected chi connectivity index (χ3v) is 6.46. The predicted molar refractivity (Wildman–Crippen MR) is 54.3 cm³/mol. The topological polar surface area (TPSA) is 62.5 Å². The van der Waals surface area contributed by atoms with Gasteiger partial charge in [0.2, 0.25) is 0 Å². The summed E-state index contributed by atoms with van der Waals surface area (Å²) >= 11 is 0. The van der Waals surface area contributed by atoms with E-state index >= 15 is 0 Å². The van der Waals surface area contributed by atoms with E-state index in [0.717, 1.165) is 0 Å². The Morgan fingerprint density at radius 3 is 2.15 bits per heavy atom. The maximum absolute atomic E-state index is 10.2. The first-order valence-corrected chi connectivity index (χ1v) is 6.63. The maximum atomic E-state index is 10.2. The van der Waals surface area contributed by atoms with E-state index < -0.39 is 13.8 Å². The Morgan fingerprint density at radius 2 is 1.92 bits per heavy atom. The lowest BCUT2D eigenvalue weighted by Gasteiger charge is -2.38. The summed E-state index contributed by atoms with van der Waals surface area (Å²) in [7, 11) is 0.516. The van der Waals surface area contributed by atoms with Gasteiger partial charge in [-0.25, -0.2) is 0 Å². The molecule has 0 aromatic rings. The van der Waals surface area contributed by atoms with Gasteiger partial charge in [0.15, 0.2) is 0 Å². The molecular formula is C8H19NO3Si. The molecule has 1 unspecified atom stereocenters. The molecule has 0 aromatic carbocycles. The summed E-state index contributed by atoms with van der Waals surface area (Å²) in [6.07, 6.45) is 2.02. The van der Waals surface area contributed by atoms with Gasteiger partial charge in [-0.15, -0.1) is 0 Å². The molecule has 0 aliphatic rings. The zero-order chi connectivity index (χ0) is 10.5. The van der Waals surface area contributed by atoms with E-state index in [4.69, 9.17) is 14.3 Å². The van der Waals surface area contributed by atoms with Crippen LogP contribution in [0.5, 0.6) is 0 Å². The highest BCUT2D eigenvalue weighted by Gasteiger charge is 2.50. The third kappa shape index (κ3) is 2.37. The van der Waals surface area contributed by atoms with Crippen molar-refractivity contribution in [1.82, 2.24) is 0 Å². The van der Waals surface area contributed by atoms with Crippen LogP contribution in [0, 0.1) is 5.41 Å². The van der Waals surface area contributed by atoms with E-state index in [1.165, 1.54) is 6.21 Å². The molecule has 0 bridgehead atoms. The van der Waals surface area contributed by atoms with Crippen molar-refractivity contribution in [2.45, 2.75) is 31.5 Å². The number of nitrogens with one attached hydrogen (secondary N) is 1. The van der Waals surface area contributed by atoms with Gasteiger partial charge in [0.25, 0.3) is 0 Å². The van der Waals surface area contributed by atoms with Gasteiger partial charge in [-0.3, -0.25) is 0 Å². The molecule has 0 rings (SSSR count). The molecule has 0 aromatic heterocycles. The lowest BCUT2D eigenvalue weighted by molar-refractivity contribution is 0.0557. The lowest BCUT2D eigenvalue weighted by Crippen LogP contribution is -2.59. The highest BCUT2D eigenvalue weighted by atomic mass is 28.4. The fraction of sp³-hybridized carbons (Fsp3) is 0.875. The summed E-state index contributed by atoms with van der Waals surface area (Å²) in [5.41, 5.74) is 0. The molecule has 0 heterocycles. The Bertz CT molecular complexity index is 173. The normalized spacial score (nSPS) is 16.7. The van der Waals surface area contributed by atoms with E-state index in [9.17, 15) is 5.11 Å². The second-order valence-corrected chi connectivity index (χ2v) is 6.79. The second kappa shape index (κ2) is 4.85. The Hall–Kier alpha value is -0.233. The number of hydrogen-bond acceptors (Lipinski definition) is 4. The SMILES string of the molecule is CCC(O)(CC=N)[Si](C)(OC)OC. The molecular weight excluding hydrogens is 186 g/mol. The van der Waals surface area contributed by atoms with E-state index in [1.807, 2.05) is 6.92 Å². The molecule has 2 N–H and O–H groups in total. The van der Waals surface area contributed by atoms with E-state index in [-0.39, 0.29) is 6.42 Å². The predicted octanol–water partition coefficient (Wildman–Crippen LogP) is 1.07. The van der Waals surface area contributed by atoms with Crippen molar-refractivity contribution in [1.29, 1.82) is 5.41 Å². The first-order chi connectivity index (χ1) is 5.99. The van der Waals surface area contributed by atoms with Crippen LogP contribution in [-0.4, -0.2) is 39.3 Å². The minimum atomic E-state index is -2.57. The van der Waals surface area contributed by atoms with Crippen molar-refractivity contribution in [3.05, 3.63) is 0 Å². The summed E-state index contributed by atoms with van der Waals surface area (Å²) in [5, 5.41) is 16.2. The monoisotopic (exact) mass is 205 g/mol. The Morgan fingerprint density at radius 1 is 1.46 bits per heavy atom. The molecule has 0 spiro atoms.